The zero-order valence-corrected chi connectivity index (χ0v) is 32.1. The first-order chi connectivity index (χ1) is 25.4. The Kier molecular flexibility index (Phi) is 8.94. The first-order valence-electron chi connectivity index (χ1n) is 19.2. The highest BCUT2D eigenvalue weighted by Gasteiger charge is 2.74. The SMILES string of the molecule is COc1ccc(NC(=O)N(CCc2cccs2)CC2(O)CCC3C45C=CC6(C=C4C(=O)c4ccc(OC)cc4)CC(O)CCC6(C)C5CCC32C)cc1. The predicted molar refractivity (Wildman–Crippen MR) is 207 cm³/mol. The molecule has 3 aromatic rings. The van der Waals surface area contributed by atoms with Crippen LogP contribution in [0.1, 0.15) is 74.0 Å². The van der Waals surface area contributed by atoms with Crippen molar-refractivity contribution in [2.75, 3.05) is 32.6 Å². The molecule has 9 rings (SSSR count). The molecule has 6 aliphatic carbocycles. The first kappa shape index (κ1) is 36.1. The predicted octanol–water partition coefficient (Wildman–Crippen LogP) is 8.32. The Bertz CT molecular complexity index is 1930. The molecular formula is C44H52N2O6S. The lowest BCUT2D eigenvalue weighted by Crippen LogP contribution is -2.67. The Hall–Kier alpha value is -3.92. The third-order valence-corrected chi connectivity index (χ3v) is 15.5. The van der Waals surface area contributed by atoms with Gasteiger partial charge in [0.05, 0.1) is 32.5 Å². The molecule has 0 saturated heterocycles. The Morgan fingerprint density at radius 1 is 0.887 bits per heavy atom. The summed E-state index contributed by atoms with van der Waals surface area (Å²) in [7, 11) is 3.24. The lowest BCUT2D eigenvalue weighted by molar-refractivity contribution is -0.174. The number of rotatable bonds is 10. The molecule has 8 unspecified atom stereocenters. The van der Waals surface area contributed by atoms with Gasteiger partial charge in [-0.2, -0.15) is 0 Å². The maximum absolute atomic E-state index is 14.9. The molecule has 2 bridgehead atoms. The number of thiophene rings is 1. The van der Waals surface area contributed by atoms with Crippen LogP contribution in [0, 0.1) is 33.5 Å². The lowest BCUT2D eigenvalue weighted by atomic mass is 9.32. The van der Waals surface area contributed by atoms with E-state index >= 15 is 0 Å². The second kappa shape index (κ2) is 13.1. The number of amides is 2. The summed E-state index contributed by atoms with van der Waals surface area (Å²) in [5.41, 5.74) is -0.773. The van der Waals surface area contributed by atoms with E-state index in [-0.39, 0.29) is 35.6 Å². The highest BCUT2D eigenvalue weighted by Crippen LogP contribution is 2.78. The van der Waals surface area contributed by atoms with Crippen molar-refractivity contribution in [2.24, 2.45) is 33.5 Å². The van der Waals surface area contributed by atoms with Crippen LogP contribution in [0.15, 0.2) is 89.8 Å². The molecule has 0 radical (unpaired) electrons. The highest BCUT2D eigenvalue weighted by molar-refractivity contribution is 7.09. The maximum Gasteiger partial charge on any atom is 0.321 e. The van der Waals surface area contributed by atoms with E-state index < -0.39 is 27.9 Å². The molecule has 3 fully saturated rings. The number of Topliss-reactive ketones (excluding diaryl/α,β-unsaturated/α-hetero) is 1. The number of benzene rings is 2. The summed E-state index contributed by atoms with van der Waals surface area (Å²) < 4.78 is 10.7. The quantitative estimate of drug-likeness (QED) is 0.143. The molecule has 0 aliphatic heterocycles. The molecule has 3 saturated carbocycles. The van der Waals surface area contributed by atoms with Crippen LogP contribution in [-0.4, -0.2) is 65.9 Å². The van der Waals surface area contributed by atoms with Gasteiger partial charge in [-0.15, -0.1) is 11.3 Å². The van der Waals surface area contributed by atoms with Gasteiger partial charge >= 0.3 is 6.03 Å². The van der Waals surface area contributed by atoms with Gasteiger partial charge in [0.15, 0.2) is 5.78 Å². The largest absolute Gasteiger partial charge is 0.497 e. The summed E-state index contributed by atoms with van der Waals surface area (Å²) in [6.07, 6.45) is 12.4. The van der Waals surface area contributed by atoms with E-state index in [0.29, 0.717) is 48.6 Å². The minimum Gasteiger partial charge on any atom is -0.497 e. The molecule has 2 aromatic carbocycles. The summed E-state index contributed by atoms with van der Waals surface area (Å²) in [4.78, 5) is 32.0. The van der Waals surface area contributed by atoms with Crippen molar-refractivity contribution < 1.29 is 29.3 Å². The van der Waals surface area contributed by atoms with Gasteiger partial charge in [0.1, 0.15) is 11.5 Å². The number of nitrogens with one attached hydrogen (secondary N) is 1. The van der Waals surface area contributed by atoms with Gasteiger partial charge in [0.25, 0.3) is 0 Å². The van der Waals surface area contributed by atoms with Crippen LogP contribution in [-0.2, 0) is 6.42 Å². The third kappa shape index (κ3) is 5.51. The average molecular weight is 737 g/mol. The van der Waals surface area contributed by atoms with E-state index in [0.717, 1.165) is 37.7 Å². The number of methoxy groups -OCH3 is 2. The molecule has 9 heteroatoms. The number of fused-ring (bicyclic) bond motifs is 1. The molecule has 2 spiro atoms. The van der Waals surface area contributed by atoms with E-state index in [1.807, 2.05) is 60.0 Å². The number of carbonyl (C=O) groups excluding carboxylic acids is 2. The van der Waals surface area contributed by atoms with Crippen LogP contribution in [0.25, 0.3) is 0 Å². The Morgan fingerprint density at radius 2 is 1.55 bits per heavy atom. The van der Waals surface area contributed by atoms with Crippen LogP contribution in [0.5, 0.6) is 11.5 Å². The number of carbonyl (C=O) groups is 2. The fourth-order valence-corrected chi connectivity index (χ4v) is 12.3. The first-order valence-corrected chi connectivity index (χ1v) is 20.0. The van der Waals surface area contributed by atoms with E-state index in [4.69, 9.17) is 9.47 Å². The average Bonchev–Trinajstić information content (AvgIpc) is 3.78. The number of anilines is 1. The van der Waals surface area contributed by atoms with E-state index in [1.54, 1.807) is 30.5 Å². The summed E-state index contributed by atoms with van der Waals surface area (Å²) >= 11 is 1.67. The maximum atomic E-state index is 14.9. The normalized spacial score (nSPS) is 35.1. The minimum absolute atomic E-state index is 0.0135. The highest BCUT2D eigenvalue weighted by atomic mass is 32.1. The monoisotopic (exact) mass is 736 g/mol. The standard InChI is InChI=1S/C44H52N2O6S/c1-40-19-15-31(47)26-42(40)22-23-44(35(27-42)38(48)29-7-11-32(51-3)12-8-29)36(40)16-20-41(2)37(44)17-21-43(41,50)28-46(24-18-34-6-5-25-53-34)39(49)45-30-9-13-33(52-4)14-10-30/h5-14,22-23,25,27,31,36-37,47,50H,15-21,24,26,28H2,1-4H3,(H,45,49). The molecule has 1 aromatic heterocycles. The van der Waals surface area contributed by atoms with Gasteiger partial charge < -0.3 is 29.9 Å². The second-order valence-electron chi connectivity index (χ2n) is 16.8. The molecule has 280 valence electrons. The summed E-state index contributed by atoms with van der Waals surface area (Å²) in [5.74, 6) is 1.59. The van der Waals surface area contributed by atoms with E-state index in [9.17, 15) is 19.8 Å². The van der Waals surface area contributed by atoms with Gasteiger partial charge in [0, 0.05) is 44.5 Å². The number of ketones is 1. The molecule has 8 nitrogen and oxygen atoms in total. The Morgan fingerprint density at radius 3 is 2.23 bits per heavy atom. The number of aliphatic hydroxyl groups is 2. The zero-order valence-electron chi connectivity index (χ0n) is 31.3. The topological polar surface area (TPSA) is 108 Å². The summed E-state index contributed by atoms with van der Waals surface area (Å²) in [6.45, 7) is 5.27. The second-order valence-corrected chi connectivity index (χ2v) is 17.8. The van der Waals surface area contributed by atoms with Crippen LogP contribution in [0.2, 0.25) is 0 Å². The van der Waals surface area contributed by atoms with Gasteiger partial charge in [-0.05, 0) is 129 Å². The third-order valence-electron chi connectivity index (χ3n) is 14.6. The summed E-state index contributed by atoms with van der Waals surface area (Å²) in [5, 5.41) is 29.3. The number of aliphatic hydroxyl groups excluding tert-OH is 1. The molecule has 2 amide bonds. The van der Waals surface area contributed by atoms with Crippen LogP contribution < -0.4 is 14.8 Å². The number of ether oxygens (including phenoxy) is 2. The van der Waals surface area contributed by atoms with Gasteiger partial charge in [-0.1, -0.05) is 38.1 Å². The van der Waals surface area contributed by atoms with Crippen molar-refractivity contribution >= 4 is 28.8 Å². The molecule has 1 heterocycles. The number of hydrogen-bond acceptors (Lipinski definition) is 7. The number of hydrogen-bond donors (Lipinski definition) is 3. The minimum atomic E-state index is -1.18. The number of nitrogens with zero attached hydrogens (tertiary/aromatic N) is 1. The fourth-order valence-electron chi connectivity index (χ4n) is 11.6. The lowest BCUT2D eigenvalue weighted by Gasteiger charge is -2.71. The summed E-state index contributed by atoms with van der Waals surface area (Å²) in [6, 6.07) is 18.5. The van der Waals surface area contributed by atoms with Gasteiger partial charge in [0.2, 0.25) is 0 Å². The Labute approximate surface area is 316 Å². The van der Waals surface area contributed by atoms with Crippen molar-refractivity contribution in [1.29, 1.82) is 0 Å². The van der Waals surface area contributed by atoms with Crippen molar-refractivity contribution in [3.8, 4) is 11.5 Å². The number of allylic oxidation sites excluding steroid dienone is 4. The van der Waals surface area contributed by atoms with Gasteiger partial charge in [-0.25, -0.2) is 4.79 Å². The zero-order chi connectivity index (χ0) is 37.2. The van der Waals surface area contributed by atoms with E-state index in [2.05, 4.69) is 43.5 Å². The van der Waals surface area contributed by atoms with Crippen molar-refractivity contribution in [3.63, 3.8) is 0 Å². The molecular weight excluding hydrogens is 685 g/mol. The van der Waals surface area contributed by atoms with Crippen LogP contribution >= 0.6 is 11.3 Å². The van der Waals surface area contributed by atoms with E-state index in [1.165, 1.54) is 4.88 Å². The van der Waals surface area contributed by atoms with Crippen molar-refractivity contribution in [3.05, 3.63) is 100 Å². The Balaban J connectivity index is 1.16. The molecule has 6 aliphatic rings. The molecule has 8 atom stereocenters. The van der Waals surface area contributed by atoms with Crippen molar-refractivity contribution in [1.82, 2.24) is 4.90 Å². The number of urea groups is 1. The van der Waals surface area contributed by atoms with Crippen molar-refractivity contribution in [2.45, 2.75) is 76.9 Å². The molecule has 3 N–H and O–H groups in total. The van der Waals surface area contributed by atoms with Gasteiger partial charge in [-0.3, -0.25) is 4.79 Å². The fraction of sp³-hybridized carbons (Fsp3) is 0.500. The molecule has 53 heavy (non-hydrogen) atoms. The van der Waals surface area contributed by atoms with Crippen LogP contribution in [0.4, 0.5) is 10.5 Å². The smallest absolute Gasteiger partial charge is 0.321 e. The van der Waals surface area contributed by atoms with Crippen LogP contribution in [0.3, 0.4) is 0 Å².